The molecule has 1 aromatic rings. The average molecular weight is 296 g/mol. The van der Waals surface area contributed by atoms with Gasteiger partial charge < -0.3 is 10.1 Å². The van der Waals surface area contributed by atoms with Gasteiger partial charge in [0.2, 0.25) is 0 Å². The molecule has 0 aromatic carbocycles. The van der Waals surface area contributed by atoms with Crippen molar-refractivity contribution in [3.63, 3.8) is 0 Å². The van der Waals surface area contributed by atoms with E-state index >= 15 is 0 Å². The summed E-state index contributed by atoms with van der Waals surface area (Å²) in [5, 5.41) is 3.54. The van der Waals surface area contributed by atoms with Gasteiger partial charge in [0, 0.05) is 34.4 Å². The van der Waals surface area contributed by atoms with Crippen LogP contribution in [0.2, 0.25) is 0 Å². The third kappa shape index (κ3) is 3.61. The highest BCUT2D eigenvalue weighted by Gasteiger charge is 2.35. The molecule has 2 rings (SSSR count). The first kappa shape index (κ1) is 16.0. The van der Waals surface area contributed by atoms with Gasteiger partial charge in [0.25, 0.3) is 0 Å². The minimum atomic E-state index is 0.148. The van der Waals surface area contributed by atoms with Gasteiger partial charge in [-0.3, -0.25) is 4.90 Å². The number of likely N-dealkylation sites (N-methyl/N-ethyl adjacent to an activating group) is 1. The van der Waals surface area contributed by atoms with Gasteiger partial charge in [0.05, 0.1) is 13.2 Å². The van der Waals surface area contributed by atoms with Crippen molar-refractivity contribution in [1.82, 2.24) is 10.2 Å². The molecular formula is C16H28N2OS. The minimum absolute atomic E-state index is 0.148. The van der Waals surface area contributed by atoms with Crippen molar-refractivity contribution in [3.05, 3.63) is 21.9 Å². The number of ether oxygens (including phenoxy) is 1. The van der Waals surface area contributed by atoms with E-state index in [0.29, 0.717) is 6.04 Å². The average Bonchev–Trinajstić information content (AvgIpc) is 2.93. The maximum absolute atomic E-state index is 5.48. The van der Waals surface area contributed by atoms with Crippen LogP contribution in [0.1, 0.15) is 30.5 Å². The lowest BCUT2D eigenvalue weighted by Gasteiger charge is -2.45. The maximum Gasteiger partial charge on any atom is 0.0594 e. The quantitative estimate of drug-likeness (QED) is 0.873. The van der Waals surface area contributed by atoms with E-state index in [-0.39, 0.29) is 5.54 Å². The van der Waals surface area contributed by atoms with E-state index < -0.39 is 0 Å². The zero-order valence-corrected chi connectivity index (χ0v) is 14.1. The van der Waals surface area contributed by atoms with Crippen LogP contribution >= 0.6 is 11.3 Å². The number of thiophene rings is 1. The van der Waals surface area contributed by atoms with Crippen molar-refractivity contribution in [2.24, 2.45) is 0 Å². The molecule has 1 aliphatic heterocycles. The second-order valence-electron chi connectivity index (χ2n) is 6.02. The molecule has 4 heteroatoms. The first-order valence-electron chi connectivity index (χ1n) is 7.65. The first-order chi connectivity index (χ1) is 9.57. The van der Waals surface area contributed by atoms with Crippen LogP contribution < -0.4 is 5.32 Å². The van der Waals surface area contributed by atoms with Gasteiger partial charge in [-0.05, 0) is 45.9 Å². The lowest BCUT2D eigenvalue weighted by atomic mass is 9.89. The van der Waals surface area contributed by atoms with E-state index in [1.54, 1.807) is 0 Å². The Bertz CT molecular complexity index is 410. The number of rotatable bonds is 6. The fraction of sp³-hybridized carbons (Fsp3) is 0.750. The molecule has 2 heterocycles. The van der Waals surface area contributed by atoms with Gasteiger partial charge in [-0.1, -0.05) is 6.92 Å². The zero-order valence-electron chi connectivity index (χ0n) is 13.2. The Balaban J connectivity index is 2.05. The van der Waals surface area contributed by atoms with Gasteiger partial charge in [0.15, 0.2) is 0 Å². The fourth-order valence-electron chi connectivity index (χ4n) is 2.99. The van der Waals surface area contributed by atoms with Crippen molar-refractivity contribution in [3.8, 4) is 0 Å². The summed E-state index contributed by atoms with van der Waals surface area (Å²) in [6.07, 6.45) is 2.24. The third-order valence-corrected chi connectivity index (χ3v) is 5.75. The number of hydrogen-bond donors (Lipinski definition) is 1. The SMILES string of the molecule is CCc1ccc(CC(NC)C(C)(C)N2CCOCC2)s1. The molecule has 20 heavy (non-hydrogen) atoms. The van der Waals surface area contributed by atoms with E-state index in [1.807, 2.05) is 11.3 Å². The molecule has 1 N–H and O–H groups in total. The summed E-state index contributed by atoms with van der Waals surface area (Å²) in [7, 11) is 2.08. The smallest absolute Gasteiger partial charge is 0.0594 e. The largest absolute Gasteiger partial charge is 0.379 e. The minimum Gasteiger partial charge on any atom is -0.379 e. The topological polar surface area (TPSA) is 24.5 Å². The first-order valence-corrected chi connectivity index (χ1v) is 8.47. The molecule has 1 aliphatic rings. The summed E-state index contributed by atoms with van der Waals surface area (Å²) in [6, 6.07) is 5.03. The molecule has 1 atom stereocenters. The van der Waals surface area contributed by atoms with Crippen LogP contribution in [-0.4, -0.2) is 49.8 Å². The Morgan fingerprint density at radius 1 is 1.30 bits per heavy atom. The highest BCUT2D eigenvalue weighted by molar-refractivity contribution is 7.11. The van der Waals surface area contributed by atoms with Gasteiger partial charge in [-0.25, -0.2) is 0 Å². The Morgan fingerprint density at radius 2 is 1.95 bits per heavy atom. The normalized spacial score (nSPS) is 19.2. The predicted octanol–water partition coefficient (Wildman–Crippen LogP) is 2.55. The molecule has 0 saturated carbocycles. The summed E-state index contributed by atoms with van der Waals surface area (Å²) < 4.78 is 5.48. The highest BCUT2D eigenvalue weighted by Crippen LogP contribution is 2.26. The molecule has 0 radical (unpaired) electrons. The summed E-state index contributed by atoms with van der Waals surface area (Å²) in [5.74, 6) is 0. The number of nitrogens with zero attached hydrogens (tertiary/aromatic N) is 1. The number of morpholine rings is 1. The Morgan fingerprint density at radius 3 is 2.50 bits per heavy atom. The molecular weight excluding hydrogens is 268 g/mol. The Hall–Kier alpha value is -0.420. The van der Waals surface area contributed by atoms with Crippen LogP contribution in [0.15, 0.2) is 12.1 Å². The van der Waals surface area contributed by atoms with Crippen LogP contribution in [0.25, 0.3) is 0 Å². The van der Waals surface area contributed by atoms with E-state index in [4.69, 9.17) is 4.74 Å². The molecule has 0 bridgehead atoms. The monoisotopic (exact) mass is 296 g/mol. The van der Waals surface area contributed by atoms with Crippen molar-refractivity contribution < 1.29 is 4.74 Å². The van der Waals surface area contributed by atoms with Crippen LogP contribution in [-0.2, 0) is 17.6 Å². The second kappa shape index (κ2) is 7.03. The van der Waals surface area contributed by atoms with Crippen LogP contribution in [0, 0.1) is 0 Å². The Kier molecular flexibility index (Phi) is 5.61. The molecule has 0 spiro atoms. The van der Waals surface area contributed by atoms with E-state index in [2.05, 4.69) is 50.2 Å². The molecule has 1 fully saturated rings. The standard InChI is InChI=1S/C16H28N2OS/c1-5-13-6-7-14(20-13)12-15(17-4)16(2,3)18-8-10-19-11-9-18/h6-7,15,17H,5,8-12H2,1-4H3. The maximum atomic E-state index is 5.48. The van der Waals surface area contributed by atoms with Crippen LogP contribution in [0.5, 0.6) is 0 Å². The van der Waals surface area contributed by atoms with E-state index in [0.717, 1.165) is 39.1 Å². The summed E-state index contributed by atoms with van der Waals surface area (Å²) in [5.41, 5.74) is 0.148. The Labute approximate surface area is 127 Å². The van der Waals surface area contributed by atoms with Crippen molar-refractivity contribution in [2.75, 3.05) is 33.4 Å². The molecule has 3 nitrogen and oxygen atoms in total. The summed E-state index contributed by atoms with van der Waals surface area (Å²) in [4.78, 5) is 5.54. The van der Waals surface area contributed by atoms with Gasteiger partial charge in [0.1, 0.15) is 0 Å². The van der Waals surface area contributed by atoms with Crippen molar-refractivity contribution >= 4 is 11.3 Å². The van der Waals surface area contributed by atoms with Gasteiger partial charge in [-0.2, -0.15) is 0 Å². The van der Waals surface area contributed by atoms with Gasteiger partial charge >= 0.3 is 0 Å². The fourth-order valence-corrected chi connectivity index (χ4v) is 3.99. The van der Waals surface area contributed by atoms with Crippen LogP contribution in [0.4, 0.5) is 0 Å². The number of nitrogens with one attached hydrogen (secondary N) is 1. The summed E-state index contributed by atoms with van der Waals surface area (Å²) in [6.45, 7) is 10.7. The molecule has 1 saturated heterocycles. The predicted molar refractivity (Wildman–Crippen MR) is 86.7 cm³/mol. The van der Waals surface area contributed by atoms with Crippen molar-refractivity contribution in [1.29, 1.82) is 0 Å². The van der Waals surface area contributed by atoms with Crippen molar-refractivity contribution in [2.45, 2.75) is 45.2 Å². The zero-order chi connectivity index (χ0) is 14.6. The van der Waals surface area contributed by atoms with Gasteiger partial charge in [-0.15, -0.1) is 11.3 Å². The lowest BCUT2D eigenvalue weighted by molar-refractivity contribution is -0.0222. The summed E-state index contributed by atoms with van der Waals surface area (Å²) >= 11 is 1.96. The number of hydrogen-bond acceptors (Lipinski definition) is 4. The molecule has 0 aliphatic carbocycles. The van der Waals surface area contributed by atoms with E-state index in [1.165, 1.54) is 9.75 Å². The molecule has 114 valence electrons. The molecule has 1 aromatic heterocycles. The number of aryl methyl sites for hydroxylation is 1. The van der Waals surface area contributed by atoms with E-state index in [9.17, 15) is 0 Å². The van der Waals surface area contributed by atoms with Crippen LogP contribution in [0.3, 0.4) is 0 Å². The molecule has 0 amide bonds. The lowest BCUT2D eigenvalue weighted by Crippen LogP contribution is -2.60. The second-order valence-corrected chi connectivity index (χ2v) is 7.27. The molecule has 1 unspecified atom stereocenters. The highest BCUT2D eigenvalue weighted by atomic mass is 32.1. The third-order valence-electron chi connectivity index (χ3n) is 4.50.